The van der Waals surface area contributed by atoms with Gasteiger partial charge in [-0.1, -0.05) is 6.92 Å². The van der Waals surface area contributed by atoms with Crippen LogP contribution in [0.3, 0.4) is 0 Å². The van der Waals surface area contributed by atoms with Crippen LogP contribution in [0.1, 0.15) is 13.3 Å². The van der Waals surface area contributed by atoms with E-state index in [1.807, 2.05) is 6.92 Å². The van der Waals surface area contributed by atoms with Crippen molar-refractivity contribution in [2.45, 2.75) is 19.3 Å². The Bertz CT molecular complexity index is 113. The molecule has 1 heterocycles. The van der Waals surface area contributed by atoms with Gasteiger partial charge in [-0.25, -0.2) is 8.78 Å². The molecule has 1 rings (SSSR count). The Hall–Kier alpha value is -0.180. The Labute approximate surface area is 60.0 Å². The molecule has 0 aliphatic carbocycles. The topological polar surface area (TPSA) is 3.24 Å². The molecule has 10 heavy (non-hydrogen) atoms. The number of nitrogens with zero attached hydrogens (tertiary/aromatic N) is 1. The highest BCUT2D eigenvalue weighted by molar-refractivity contribution is 4.80. The molecule has 0 bridgehead atoms. The van der Waals surface area contributed by atoms with Gasteiger partial charge in [0, 0.05) is 13.0 Å². The number of piperidine rings is 1. The summed E-state index contributed by atoms with van der Waals surface area (Å²) in [6, 6.07) is 0. The van der Waals surface area contributed by atoms with Crippen molar-refractivity contribution in [3.63, 3.8) is 0 Å². The van der Waals surface area contributed by atoms with E-state index in [1.165, 1.54) is 0 Å². The molecule has 0 radical (unpaired) electrons. The normalized spacial score (nSPS) is 34.2. The first-order chi connectivity index (χ1) is 4.49. The fourth-order valence-electron chi connectivity index (χ4n) is 1.63. The van der Waals surface area contributed by atoms with E-state index >= 15 is 0 Å². The number of halogens is 2. The van der Waals surface area contributed by atoms with Gasteiger partial charge >= 0.3 is 0 Å². The van der Waals surface area contributed by atoms with Crippen molar-refractivity contribution in [2.75, 3.05) is 20.1 Å². The first kappa shape index (κ1) is 7.92. The van der Waals surface area contributed by atoms with E-state index in [9.17, 15) is 8.78 Å². The van der Waals surface area contributed by atoms with Crippen LogP contribution in [-0.2, 0) is 0 Å². The number of likely N-dealkylation sites (tertiary alicyclic amines) is 1. The third kappa shape index (κ3) is 1.90. The fourth-order valence-corrected chi connectivity index (χ4v) is 1.63. The lowest BCUT2D eigenvalue weighted by molar-refractivity contribution is -0.0745. The molecule has 0 N–H and O–H groups in total. The SMILES string of the molecule is CC1CN(C)CC(F)(F)C1. The van der Waals surface area contributed by atoms with Crippen molar-refractivity contribution in [3.05, 3.63) is 0 Å². The first-order valence-electron chi connectivity index (χ1n) is 3.56. The van der Waals surface area contributed by atoms with Crippen LogP contribution in [0.25, 0.3) is 0 Å². The molecule has 1 fully saturated rings. The van der Waals surface area contributed by atoms with E-state index < -0.39 is 5.92 Å². The molecule has 1 aliphatic heterocycles. The van der Waals surface area contributed by atoms with E-state index in [2.05, 4.69) is 0 Å². The van der Waals surface area contributed by atoms with Crippen LogP contribution in [0.4, 0.5) is 8.78 Å². The molecular weight excluding hydrogens is 136 g/mol. The average Bonchev–Trinajstić information content (AvgIpc) is 1.54. The number of hydrogen-bond acceptors (Lipinski definition) is 1. The second-order valence-electron chi connectivity index (χ2n) is 3.36. The second-order valence-corrected chi connectivity index (χ2v) is 3.36. The molecule has 1 saturated heterocycles. The van der Waals surface area contributed by atoms with Gasteiger partial charge in [0.15, 0.2) is 0 Å². The third-order valence-electron chi connectivity index (χ3n) is 1.77. The van der Waals surface area contributed by atoms with Crippen LogP contribution in [0, 0.1) is 5.92 Å². The summed E-state index contributed by atoms with van der Waals surface area (Å²) in [6.07, 6.45) is 0.0529. The van der Waals surface area contributed by atoms with Crippen molar-refractivity contribution >= 4 is 0 Å². The Balaban J connectivity index is 2.51. The molecule has 0 aromatic heterocycles. The van der Waals surface area contributed by atoms with E-state index in [1.54, 1.807) is 11.9 Å². The maximum Gasteiger partial charge on any atom is 0.260 e. The molecule has 1 nitrogen and oxygen atoms in total. The summed E-state index contributed by atoms with van der Waals surface area (Å²) in [6.45, 7) is 2.59. The maximum atomic E-state index is 12.7. The number of alkyl halides is 2. The second kappa shape index (κ2) is 2.46. The van der Waals surface area contributed by atoms with Gasteiger partial charge in [0.25, 0.3) is 5.92 Å². The summed E-state index contributed by atoms with van der Waals surface area (Å²) in [5, 5.41) is 0. The number of rotatable bonds is 0. The van der Waals surface area contributed by atoms with E-state index in [0.29, 0.717) is 0 Å². The lowest BCUT2D eigenvalue weighted by Crippen LogP contribution is -2.44. The predicted octanol–water partition coefficient (Wildman–Crippen LogP) is 1.59. The monoisotopic (exact) mass is 149 g/mol. The first-order valence-corrected chi connectivity index (χ1v) is 3.56. The Morgan fingerprint density at radius 3 is 2.50 bits per heavy atom. The quantitative estimate of drug-likeness (QED) is 0.505. The van der Waals surface area contributed by atoms with E-state index in [0.717, 1.165) is 6.54 Å². The number of hydrogen-bond donors (Lipinski definition) is 0. The smallest absolute Gasteiger partial charge is 0.260 e. The molecule has 0 saturated carbocycles. The van der Waals surface area contributed by atoms with Crippen LogP contribution in [0.5, 0.6) is 0 Å². The molecule has 1 unspecified atom stereocenters. The van der Waals surface area contributed by atoms with Gasteiger partial charge in [0.05, 0.1) is 6.54 Å². The van der Waals surface area contributed by atoms with Crippen LogP contribution in [0.15, 0.2) is 0 Å². The highest BCUT2D eigenvalue weighted by Crippen LogP contribution is 2.28. The molecule has 3 heteroatoms. The summed E-state index contributed by atoms with van der Waals surface area (Å²) in [4.78, 5) is 1.69. The van der Waals surface area contributed by atoms with Gasteiger partial charge in [-0.2, -0.15) is 0 Å². The van der Waals surface area contributed by atoms with Crippen LogP contribution < -0.4 is 0 Å². The molecule has 0 amide bonds. The van der Waals surface area contributed by atoms with Gasteiger partial charge in [0.1, 0.15) is 0 Å². The zero-order valence-corrected chi connectivity index (χ0v) is 6.40. The minimum absolute atomic E-state index is 0.0529. The van der Waals surface area contributed by atoms with Crippen LogP contribution >= 0.6 is 0 Å². The summed E-state index contributed by atoms with van der Waals surface area (Å²) in [5.74, 6) is -2.32. The molecular formula is C7H13F2N. The zero-order valence-electron chi connectivity index (χ0n) is 6.40. The van der Waals surface area contributed by atoms with Crippen LogP contribution in [-0.4, -0.2) is 31.0 Å². The molecule has 0 spiro atoms. The predicted molar refractivity (Wildman–Crippen MR) is 36.2 cm³/mol. The van der Waals surface area contributed by atoms with Gasteiger partial charge < -0.3 is 4.90 Å². The zero-order chi connectivity index (χ0) is 7.78. The van der Waals surface area contributed by atoms with Crippen molar-refractivity contribution in [1.82, 2.24) is 4.90 Å². The summed E-state index contributed by atoms with van der Waals surface area (Å²) >= 11 is 0. The lowest BCUT2D eigenvalue weighted by atomic mass is 9.98. The highest BCUT2D eigenvalue weighted by Gasteiger charge is 2.36. The highest BCUT2D eigenvalue weighted by atomic mass is 19.3. The molecule has 0 aromatic rings. The average molecular weight is 149 g/mol. The Morgan fingerprint density at radius 2 is 2.10 bits per heavy atom. The Morgan fingerprint density at radius 1 is 1.50 bits per heavy atom. The minimum Gasteiger partial charge on any atom is -0.300 e. The van der Waals surface area contributed by atoms with Crippen molar-refractivity contribution in [3.8, 4) is 0 Å². The standard InChI is InChI=1S/C7H13F2N/c1-6-3-7(8,9)5-10(2)4-6/h6H,3-5H2,1-2H3. The Kier molecular flexibility index (Phi) is 1.95. The van der Waals surface area contributed by atoms with Gasteiger partial charge in [-0.15, -0.1) is 0 Å². The van der Waals surface area contributed by atoms with Gasteiger partial charge in [0.2, 0.25) is 0 Å². The largest absolute Gasteiger partial charge is 0.300 e. The molecule has 1 atom stereocenters. The third-order valence-corrected chi connectivity index (χ3v) is 1.77. The summed E-state index contributed by atoms with van der Waals surface area (Å²) < 4.78 is 25.3. The molecule has 60 valence electrons. The maximum absolute atomic E-state index is 12.7. The van der Waals surface area contributed by atoms with Gasteiger partial charge in [-0.05, 0) is 13.0 Å². The van der Waals surface area contributed by atoms with E-state index in [4.69, 9.17) is 0 Å². The summed E-state index contributed by atoms with van der Waals surface area (Å²) in [7, 11) is 1.74. The van der Waals surface area contributed by atoms with Gasteiger partial charge in [-0.3, -0.25) is 0 Å². The van der Waals surface area contributed by atoms with Crippen molar-refractivity contribution in [1.29, 1.82) is 0 Å². The summed E-state index contributed by atoms with van der Waals surface area (Å²) in [5.41, 5.74) is 0. The van der Waals surface area contributed by atoms with Crippen molar-refractivity contribution in [2.24, 2.45) is 5.92 Å². The molecule has 0 aromatic carbocycles. The fraction of sp³-hybridized carbons (Fsp3) is 1.00. The van der Waals surface area contributed by atoms with Crippen molar-refractivity contribution < 1.29 is 8.78 Å². The molecule has 1 aliphatic rings. The minimum atomic E-state index is -2.45. The van der Waals surface area contributed by atoms with Crippen LogP contribution in [0.2, 0.25) is 0 Å². The van der Waals surface area contributed by atoms with E-state index in [-0.39, 0.29) is 18.9 Å². The lowest BCUT2D eigenvalue weighted by Gasteiger charge is -2.33.